The molecular weight excluding hydrogens is 238 g/mol. The van der Waals surface area contributed by atoms with E-state index in [1.807, 2.05) is 0 Å². The number of hydrogen-bond acceptors (Lipinski definition) is 6. The van der Waals surface area contributed by atoms with E-state index in [4.69, 9.17) is 5.84 Å². The zero-order valence-corrected chi connectivity index (χ0v) is 9.70. The summed E-state index contributed by atoms with van der Waals surface area (Å²) in [5.74, 6) is 5.43. The van der Waals surface area contributed by atoms with Crippen LogP contribution in [0.25, 0.3) is 0 Å². The van der Waals surface area contributed by atoms with Crippen LogP contribution in [0, 0.1) is 0 Å². The van der Waals surface area contributed by atoms with Crippen LogP contribution in [0.2, 0.25) is 0 Å². The Hall–Kier alpha value is -1.99. The minimum Gasteiger partial charge on any atom is -0.346 e. The van der Waals surface area contributed by atoms with Crippen LogP contribution in [0.15, 0.2) is 29.9 Å². The number of aromatic nitrogens is 2. The molecule has 0 aliphatic carbocycles. The Kier molecular flexibility index (Phi) is 3.63. The van der Waals surface area contributed by atoms with Gasteiger partial charge < -0.3 is 10.7 Å². The van der Waals surface area contributed by atoms with Gasteiger partial charge in [0.25, 0.3) is 5.91 Å². The molecule has 0 bridgehead atoms. The lowest BCUT2D eigenvalue weighted by Gasteiger charge is -2.04. The molecule has 2 heterocycles. The number of nitrogen functional groups attached to an aromatic ring is 1. The minimum atomic E-state index is -0.240. The fourth-order valence-electron chi connectivity index (χ4n) is 1.23. The molecule has 0 aliphatic heterocycles. The summed E-state index contributed by atoms with van der Waals surface area (Å²) >= 11 is 1.49. The van der Waals surface area contributed by atoms with Crippen molar-refractivity contribution in [2.24, 2.45) is 5.84 Å². The maximum absolute atomic E-state index is 11.8. The summed E-state index contributed by atoms with van der Waals surface area (Å²) in [6, 6.07) is 5.02. The van der Waals surface area contributed by atoms with Crippen LogP contribution < -0.4 is 16.6 Å². The zero-order valence-electron chi connectivity index (χ0n) is 8.88. The van der Waals surface area contributed by atoms with Gasteiger partial charge in [-0.1, -0.05) is 6.07 Å². The molecule has 6 nitrogen and oxygen atoms in total. The first kappa shape index (κ1) is 11.5. The van der Waals surface area contributed by atoms with E-state index in [1.165, 1.54) is 11.3 Å². The third-order valence-corrected chi connectivity index (χ3v) is 2.82. The van der Waals surface area contributed by atoms with Crippen molar-refractivity contribution in [1.82, 2.24) is 15.3 Å². The molecule has 2 rings (SSSR count). The van der Waals surface area contributed by atoms with Gasteiger partial charge >= 0.3 is 0 Å². The molecule has 1 amide bonds. The van der Waals surface area contributed by atoms with E-state index >= 15 is 0 Å². The van der Waals surface area contributed by atoms with Crippen molar-refractivity contribution in [3.8, 4) is 0 Å². The topological polar surface area (TPSA) is 92.9 Å². The zero-order chi connectivity index (χ0) is 12.1. The van der Waals surface area contributed by atoms with Crippen LogP contribution >= 0.6 is 11.3 Å². The third-order valence-electron chi connectivity index (χ3n) is 2.04. The fourth-order valence-corrected chi connectivity index (χ4v) is 1.76. The predicted octanol–water partition coefficient (Wildman–Crippen LogP) is 0.754. The van der Waals surface area contributed by atoms with Crippen LogP contribution in [-0.4, -0.2) is 15.9 Å². The average molecular weight is 249 g/mol. The summed E-state index contributed by atoms with van der Waals surface area (Å²) in [7, 11) is 0. The third kappa shape index (κ3) is 2.99. The first-order chi connectivity index (χ1) is 8.29. The van der Waals surface area contributed by atoms with E-state index in [2.05, 4.69) is 20.7 Å². The summed E-state index contributed by atoms with van der Waals surface area (Å²) in [5, 5.41) is 2.75. The number of nitrogens with one attached hydrogen (secondary N) is 2. The summed E-state index contributed by atoms with van der Waals surface area (Å²) in [6.07, 6.45) is 1.72. The first-order valence-electron chi connectivity index (χ1n) is 4.89. The molecule has 2 aromatic heterocycles. The maximum Gasteiger partial charge on any atom is 0.270 e. The molecule has 0 unspecified atom stereocenters. The Morgan fingerprint density at radius 1 is 1.47 bits per heavy atom. The molecule has 0 saturated heterocycles. The Balaban J connectivity index is 1.99. The second-order valence-corrected chi connectivity index (χ2v) is 4.17. The Morgan fingerprint density at radius 3 is 3.06 bits per heavy atom. The predicted molar refractivity (Wildman–Crippen MR) is 65.3 cm³/mol. The monoisotopic (exact) mass is 249 g/mol. The maximum atomic E-state index is 11.8. The number of hydrogen-bond donors (Lipinski definition) is 3. The molecule has 0 spiro atoms. The van der Waals surface area contributed by atoms with E-state index in [0.717, 1.165) is 4.88 Å². The molecule has 88 valence electrons. The number of hydrazine groups is 1. The Labute approximate surface area is 102 Å². The number of pyridine rings is 1. The number of carbonyl (C=O) groups is 1. The molecule has 0 saturated carbocycles. The van der Waals surface area contributed by atoms with Crippen LogP contribution in [0.4, 0.5) is 5.82 Å². The fraction of sp³-hybridized carbons (Fsp3) is 0.100. The second-order valence-electron chi connectivity index (χ2n) is 3.20. The van der Waals surface area contributed by atoms with Crippen LogP contribution in [0.5, 0.6) is 0 Å². The lowest BCUT2D eigenvalue weighted by Crippen LogP contribution is -2.24. The van der Waals surface area contributed by atoms with Gasteiger partial charge in [0.1, 0.15) is 11.5 Å². The van der Waals surface area contributed by atoms with E-state index in [0.29, 0.717) is 18.1 Å². The Bertz CT molecular complexity index is 499. The standard InChI is InChI=1S/C10H11N5OS/c11-15-9-3-1-2-8(14-9)10(16)13-5-7-4-12-6-17-7/h1-4,6H,5,11H2,(H,13,16)(H,14,15). The lowest BCUT2D eigenvalue weighted by molar-refractivity contribution is 0.0946. The van der Waals surface area contributed by atoms with E-state index < -0.39 is 0 Å². The summed E-state index contributed by atoms with van der Waals surface area (Å²) in [4.78, 5) is 20.7. The SMILES string of the molecule is NNc1cccc(C(=O)NCc2cncs2)n1. The number of nitrogens with two attached hydrogens (primary N) is 1. The van der Waals surface area contributed by atoms with Gasteiger partial charge in [-0.15, -0.1) is 11.3 Å². The van der Waals surface area contributed by atoms with Crippen molar-refractivity contribution in [1.29, 1.82) is 0 Å². The average Bonchev–Trinajstić information content (AvgIpc) is 2.89. The highest BCUT2D eigenvalue weighted by molar-refractivity contribution is 7.09. The number of amides is 1. The highest BCUT2D eigenvalue weighted by Gasteiger charge is 2.07. The summed E-state index contributed by atoms with van der Waals surface area (Å²) in [6.45, 7) is 0.450. The molecule has 0 aliphatic rings. The van der Waals surface area contributed by atoms with Gasteiger partial charge in [0.15, 0.2) is 0 Å². The number of nitrogens with zero attached hydrogens (tertiary/aromatic N) is 2. The van der Waals surface area contributed by atoms with Gasteiger partial charge in [-0.3, -0.25) is 9.78 Å². The van der Waals surface area contributed by atoms with Crippen molar-refractivity contribution in [2.75, 3.05) is 5.43 Å². The van der Waals surface area contributed by atoms with E-state index in [9.17, 15) is 4.79 Å². The minimum absolute atomic E-state index is 0.240. The van der Waals surface area contributed by atoms with Gasteiger partial charge in [0, 0.05) is 11.1 Å². The van der Waals surface area contributed by atoms with Crippen molar-refractivity contribution >= 4 is 23.1 Å². The highest BCUT2D eigenvalue weighted by Crippen LogP contribution is 2.06. The molecule has 0 atom stereocenters. The van der Waals surface area contributed by atoms with Crippen LogP contribution in [-0.2, 0) is 6.54 Å². The summed E-state index contributed by atoms with van der Waals surface area (Å²) in [5.41, 5.74) is 4.44. The van der Waals surface area contributed by atoms with Crippen LogP contribution in [0.3, 0.4) is 0 Å². The molecule has 0 radical (unpaired) electrons. The smallest absolute Gasteiger partial charge is 0.270 e. The first-order valence-corrected chi connectivity index (χ1v) is 5.77. The van der Waals surface area contributed by atoms with Crippen molar-refractivity contribution in [2.45, 2.75) is 6.54 Å². The number of thiazole rings is 1. The molecule has 0 fully saturated rings. The molecule has 4 N–H and O–H groups in total. The van der Waals surface area contributed by atoms with Gasteiger partial charge in [-0.05, 0) is 12.1 Å². The van der Waals surface area contributed by atoms with Gasteiger partial charge in [-0.2, -0.15) is 0 Å². The van der Waals surface area contributed by atoms with Crippen LogP contribution in [0.1, 0.15) is 15.4 Å². The van der Waals surface area contributed by atoms with Crippen molar-refractivity contribution in [3.05, 3.63) is 40.5 Å². The number of carbonyl (C=O) groups excluding carboxylic acids is 1. The Morgan fingerprint density at radius 2 is 2.35 bits per heavy atom. The molecule has 7 heteroatoms. The number of anilines is 1. The molecule has 2 aromatic rings. The van der Waals surface area contributed by atoms with E-state index in [-0.39, 0.29) is 5.91 Å². The largest absolute Gasteiger partial charge is 0.346 e. The molecule has 17 heavy (non-hydrogen) atoms. The normalized spacial score (nSPS) is 9.94. The van der Waals surface area contributed by atoms with Gasteiger partial charge in [0.2, 0.25) is 0 Å². The quantitative estimate of drug-likeness (QED) is 0.549. The van der Waals surface area contributed by atoms with Gasteiger partial charge in [-0.25, -0.2) is 10.8 Å². The molecular formula is C10H11N5OS. The van der Waals surface area contributed by atoms with Crippen molar-refractivity contribution < 1.29 is 4.79 Å². The molecule has 0 aromatic carbocycles. The number of rotatable bonds is 4. The second kappa shape index (κ2) is 5.37. The summed E-state index contributed by atoms with van der Waals surface area (Å²) < 4.78 is 0. The lowest BCUT2D eigenvalue weighted by atomic mass is 10.3. The van der Waals surface area contributed by atoms with E-state index in [1.54, 1.807) is 29.9 Å². The van der Waals surface area contributed by atoms with Gasteiger partial charge in [0.05, 0.1) is 12.1 Å². The highest BCUT2D eigenvalue weighted by atomic mass is 32.1. The van der Waals surface area contributed by atoms with Crippen molar-refractivity contribution in [3.63, 3.8) is 0 Å².